The maximum Gasteiger partial charge on any atom is 0.328 e. The first kappa shape index (κ1) is 12.3. The molecule has 0 bridgehead atoms. The third-order valence-corrected chi connectivity index (χ3v) is 2.48. The number of aliphatic hydroxyl groups is 1. The molecule has 1 saturated heterocycles. The van der Waals surface area contributed by atoms with Crippen LogP contribution in [-0.4, -0.2) is 52.7 Å². The Morgan fingerprint density at radius 2 is 2.44 bits per heavy atom. The molecule has 8 nitrogen and oxygen atoms in total. The van der Waals surface area contributed by atoms with E-state index in [0.717, 1.165) is 4.90 Å². The zero-order valence-electron chi connectivity index (χ0n) is 8.48. The molecule has 2 atom stereocenters. The third-order valence-electron chi connectivity index (χ3n) is 2.48. The number of hydrogen-bond acceptors (Lipinski definition) is 4. The number of carboxylic acids is 1. The predicted molar refractivity (Wildman–Crippen MR) is 52.3 cm³/mol. The minimum absolute atomic E-state index is 0.156. The van der Waals surface area contributed by atoms with Gasteiger partial charge in [0.25, 0.3) is 0 Å². The monoisotopic (exact) mass is 228 g/mol. The molecule has 1 heterocycles. The quantitative estimate of drug-likeness (QED) is 0.376. The molecule has 2 N–H and O–H groups in total. The van der Waals surface area contributed by atoms with Crippen molar-refractivity contribution in [2.45, 2.75) is 12.5 Å². The van der Waals surface area contributed by atoms with Gasteiger partial charge in [-0.05, 0) is 11.4 Å². The summed E-state index contributed by atoms with van der Waals surface area (Å²) in [6, 6.07) is -1.21. The Balaban J connectivity index is 2.66. The molecule has 1 fully saturated rings. The van der Waals surface area contributed by atoms with Crippen molar-refractivity contribution in [3.63, 3.8) is 0 Å². The van der Waals surface area contributed by atoms with Crippen molar-refractivity contribution in [2.75, 3.05) is 19.7 Å². The summed E-state index contributed by atoms with van der Waals surface area (Å²) in [6.07, 6.45) is 0.156. The Labute approximate surface area is 91.1 Å². The van der Waals surface area contributed by atoms with E-state index in [1.165, 1.54) is 0 Å². The molecule has 16 heavy (non-hydrogen) atoms. The summed E-state index contributed by atoms with van der Waals surface area (Å²) in [4.78, 5) is 25.9. The van der Waals surface area contributed by atoms with Crippen LogP contribution in [0.5, 0.6) is 0 Å². The molecule has 0 radical (unpaired) electrons. The molecule has 1 aliphatic heterocycles. The number of amides is 1. The SMILES string of the molecule is [N-]=[N+]=NCC1CC(=O)N(C(CO)C(=O)O)C1. The van der Waals surface area contributed by atoms with Gasteiger partial charge in [-0.2, -0.15) is 0 Å². The highest BCUT2D eigenvalue weighted by Crippen LogP contribution is 2.20. The summed E-state index contributed by atoms with van der Waals surface area (Å²) < 4.78 is 0. The fourth-order valence-corrected chi connectivity index (χ4v) is 1.69. The van der Waals surface area contributed by atoms with Crippen LogP contribution in [0.1, 0.15) is 6.42 Å². The van der Waals surface area contributed by atoms with E-state index in [1.54, 1.807) is 0 Å². The number of nitrogens with zero attached hydrogens (tertiary/aromatic N) is 4. The minimum Gasteiger partial charge on any atom is -0.480 e. The van der Waals surface area contributed by atoms with Gasteiger partial charge in [-0.15, -0.1) is 0 Å². The molecule has 0 aromatic carbocycles. The van der Waals surface area contributed by atoms with Gasteiger partial charge in [-0.25, -0.2) is 4.79 Å². The molecule has 0 aromatic rings. The summed E-state index contributed by atoms with van der Waals surface area (Å²) >= 11 is 0. The Bertz CT molecular complexity index is 339. The van der Waals surface area contributed by atoms with Gasteiger partial charge in [-0.3, -0.25) is 4.79 Å². The van der Waals surface area contributed by atoms with Crippen LogP contribution in [-0.2, 0) is 9.59 Å². The van der Waals surface area contributed by atoms with Crippen LogP contribution in [0.4, 0.5) is 0 Å². The van der Waals surface area contributed by atoms with Crippen LogP contribution in [0, 0.1) is 5.92 Å². The molecular formula is C8H12N4O4. The van der Waals surface area contributed by atoms with Crippen LogP contribution in [0.15, 0.2) is 5.11 Å². The van der Waals surface area contributed by atoms with Crippen LogP contribution < -0.4 is 0 Å². The van der Waals surface area contributed by atoms with E-state index in [1.807, 2.05) is 0 Å². The van der Waals surface area contributed by atoms with Gasteiger partial charge >= 0.3 is 5.97 Å². The Morgan fingerprint density at radius 1 is 1.75 bits per heavy atom. The molecule has 88 valence electrons. The van der Waals surface area contributed by atoms with Gasteiger partial charge in [0, 0.05) is 24.4 Å². The van der Waals surface area contributed by atoms with Crippen molar-refractivity contribution >= 4 is 11.9 Å². The highest BCUT2D eigenvalue weighted by atomic mass is 16.4. The third kappa shape index (κ3) is 2.62. The Kier molecular flexibility index (Phi) is 4.10. The van der Waals surface area contributed by atoms with E-state index in [-0.39, 0.29) is 31.3 Å². The molecule has 1 amide bonds. The maximum atomic E-state index is 11.5. The number of aliphatic carboxylic acids is 1. The minimum atomic E-state index is -1.24. The van der Waals surface area contributed by atoms with Crippen LogP contribution in [0.3, 0.4) is 0 Å². The van der Waals surface area contributed by atoms with Crippen LogP contribution in [0.25, 0.3) is 10.4 Å². The van der Waals surface area contributed by atoms with Gasteiger partial charge in [0.05, 0.1) is 6.61 Å². The van der Waals surface area contributed by atoms with Crippen LogP contribution in [0.2, 0.25) is 0 Å². The van der Waals surface area contributed by atoms with E-state index < -0.39 is 18.6 Å². The average molecular weight is 228 g/mol. The second-order valence-electron chi connectivity index (χ2n) is 3.57. The molecule has 0 aromatic heterocycles. The van der Waals surface area contributed by atoms with Crippen LogP contribution >= 0.6 is 0 Å². The summed E-state index contributed by atoms with van der Waals surface area (Å²) in [5.74, 6) is -1.74. The van der Waals surface area contributed by atoms with Gasteiger partial charge in [-0.1, -0.05) is 5.11 Å². The second kappa shape index (κ2) is 5.34. The lowest BCUT2D eigenvalue weighted by molar-refractivity contribution is -0.150. The zero-order valence-corrected chi connectivity index (χ0v) is 8.48. The maximum absolute atomic E-state index is 11.5. The van der Waals surface area contributed by atoms with Crippen molar-refractivity contribution in [1.29, 1.82) is 0 Å². The van der Waals surface area contributed by atoms with Gasteiger partial charge < -0.3 is 15.1 Å². The summed E-state index contributed by atoms with van der Waals surface area (Å²) in [6.45, 7) is -0.249. The average Bonchev–Trinajstić information content (AvgIpc) is 2.58. The van der Waals surface area contributed by atoms with E-state index in [2.05, 4.69) is 10.0 Å². The number of carboxylic acid groups (broad SMARTS) is 1. The first-order valence-corrected chi connectivity index (χ1v) is 4.74. The number of likely N-dealkylation sites (tertiary alicyclic amines) is 1. The molecular weight excluding hydrogens is 216 g/mol. The lowest BCUT2D eigenvalue weighted by Crippen LogP contribution is -2.44. The van der Waals surface area contributed by atoms with Gasteiger partial charge in [0.1, 0.15) is 0 Å². The molecule has 1 aliphatic rings. The number of azide groups is 1. The van der Waals surface area contributed by atoms with Crippen molar-refractivity contribution in [3.05, 3.63) is 10.4 Å². The lowest BCUT2D eigenvalue weighted by atomic mass is 10.1. The predicted octanol–water partition coefficient (Wildman–Crippen LogP) is -0.409. The smallest absolute Gasteiger partial charge is 0.328 e. The molecule has 2 unspecified atom stereocenters. The molecule has 1 rings (SSSR count). The number of carbonyl (C=O) groups is 2. The number of carbonyl (C=O) groups excluding carboxylic acids is 1. The topological polar surface area (TPSA) is 127 Å². The standard InChI is InChI=1S/C8H12N4O4/c9-11-10-2-5-1-7(14)12(3-5)6(4-13)8(15)16/h5-6,13H,1-4H2,(H,15,16). The summed E-state index contributed by atoms with van der Waals surface area (Å²) in [5.41, 5.74) is 8.13. The lowest BCUT2D eigenvalue weighted by Gasteiger charge is -2.22. The highest BCUT2D eigenvalue weighted by molar-refractivity contribution is 5.85. The van der Waals surface area contributed by atoms with Gasteiger partial charge in [0.2, 0.25) is 5.91 Å². The summed E-state index contributed by atoms with van der Waals surface area (Å²) in [7, 11) is 0. The first-order chi connectivity index (χ1) is 7.60. The van der Waals surface area contributed by atoms with Crippen molar-refractivity contribution in [1.82, 2.24) is 4.90 Å². The van der Waals surface area contributed by atoms with Gasteiger partial charge in [0.15, 0.2) is 6.04 Å². The molecule has 0 spiro atoms. The fourth-order valence-electron chi connectivity index (χ4n) is 1.69. The Hall–Kier alpha value is -1.79. The summed E-state index contributed by atoms with van der Waals surface area (Å²) in [5, 5.41) is 21.0. The second-order valence-corrected chi connectivity index (χ2v) is 3.57. The van der Waals surface area contributed by atoms with Crippen molar-refractivity contribution < 1.29 is 19.8 Å². The van der Waals surface area contributed by atoms with E-state index in [0.29, 0.717) is 0 Å². The van der Waals surface area contributed by atoms with E-state index in [4.69, 9.17) is 15.7 Å². The number of hydrogen-bond donors (Lipinski definition) is 2. The van der Waals surface area contributed by atoms with Crippen molar-refractivity contribution in [3.8, 4) is 0 Å². The fraction of sp³-hybridized carbons (Fsp3) is 0.750. The number of aliphatic hydroxyl groups excluding tert-OH is 1. The van der Waals surface area contributed by atoms with Crippen molar-refractivity contribution in [2.24, 2.45) is 11.0 Å². The Morgan fingerprint density at radius 3 is 2.94 bits per heavy atom. The molecule has 0 saturated carbocycles. The molecule has 0 aliphatic carbocycles. The highest BCUT2D eigenvalue weighted by Gasteiger charge is 2.36. The largest absolute Gasteiger partial charge is 0.480 e. The number of rotatable bonds is 5. The molecule has 8 heteroatoms. The first-order valence-electron chi connectivity index (χ1n) is 4.74. The zero-order chi connectivity index (χ0) is 12.1. The van der Waals surface area contributed by atoms with E-state index in [9.17, 15) is 9.59 Å². The normalized spacial score (nSPS) is 21.7. The van der Waals surface area contributed by atoms with E-state index >= 15 is 0 Å².